The van der Waals surface area contributed by atoms with Crippen molar-refractivity contribution >= 4 is 6.09 Å². The molecule has 0 atom stereocenters. The van der Waals surface area contributed by atoms with E-state index < -0.39 is 12.0 Å². The number of cyclic esters (lactones) is 1. The minimum atomic E-state index is -2.85. The van der Waals surface area contributed by atoms with Crippen molar-refractivity contribution in [2.75, 3.05) is 13.2 Å². The number of halogens is 2. The summed E-state index contributed by atoms with van der Waals surface area (Å²) in [6.45, 7) is 0.598. The molecule has 2 aliphatic rings. The number of nitrogens with zero attached hydrogens (tertiary/aromatic N) is 1. The molecule has 1 aliphatic carbocycles. The van der Waals surface area contributed by atoms with Crippen LogP contribution in [-0.4, -0.2) is 30.1 Å². The Kier molecular flexibility index (Phi) is 2.02. The zero-order valence-electron chi connectivity index (χ0n) is 7.37. The number of hydrogen-bond acceptors (Lipinski definition) is 2. The lowest BCUT2D eigenvalue weighted by atomic mass is 10.1. The molecule has 14 heavy (non-hydrogen) atoms. The molecule has 0 bridgehead atoms. The van der Waals surface area contributed by atoms with E-state index in [2.05, 4.69) is 4.74 Å². The highest BCUT2D eigenvalue weighted by atomic mass is 19.3. The van der Waals surface area contributed by atoms with Gasteiger partial charge in [0, 0.05) is 18.2 Å². The van der Waals surface area contributed by atoms with Crippen molar-refractivity contribution in [3.05, 3.63) is 23.9 Å². The standard InChI is InChI=1S/C9H9F2NO2/c10-9(11)3-1-2-7(6-9)12-4-5-14-8(12)13/h1-2,6H,3-5H2. The van der Waals surface area contributed by atoms with Crippen LogP contribution in [0, 0.1) is 0 Å². The summed E-state index contributed by atoms with van der Waals surface area (Å²) in [4.78, 5) is 12.3. The van der Waals surface area contributed by atoms with Crippen molar-refractivity contribution in [3.8, 4) is 0 Å². The van der Waals surface area contributed by atoms with E-state index in [4.69, 9.17) is 0 Å². The largest absolute Gasteiger partial charge is 0.447 e. The van der Waals surface area contributed by atoms with Gasteiger partial charge in [-0.25, -0.2) is 13.6 Å². The molecule has 2 rings (SSSR count). The Hall–Kier alpha value is -1.39. The van der Waals surface area contributed by atoms with Crippen LogP contribution in [0.15, 0.2) is 23.9 Å². The molecular formula is C9H9F2NO2. The predicted molar refractivity (Wildman–Crippen MR) is 44.8 cm³/mol. The fourth-order valence-electron chi connectivity index (χ4n) is 1.46. The fourth-order valence-corrected chi connectivity index (χ4v) is 1.46. The first-order valence-electron chi connectivity index (χ1n) is 4.30. The molecule has 0 unspecified atom stereocenters. The number of carbonyl (C=O) groups is 1. The van der Waals surface area contributed by atoms with Crippen LogP contribution in [-0.2, 0) is 4.74 Å². The van der Waals surface area contributed by atoms with Gasteiger partial charge >= 0.3 is 6.09 Å². The summed E-state index contributed by atoms with van der Waals surface area (Å²) in [5, 5.41) is 0. The van der Waals surface area contributed by atoms with E-state index in [1.54, 1.807) is 0 Å². The Labute approximate surface area is 79.6 Å². The number of alkyl halides is 2. The SMILES string of the molecule is O=C1OCCN1C1=CC(F)(F)CC=C1. The number of ether oxygens (including phenoxy) is 1. The van der Waals surface area contributed by atoms with E-state index in [-0.39, 0.29) is 18.7 Å². The maximum Gasteiger partial charge on any atom is 0.414 e. The normalized spacial score (nSPS) is 24.9. The lowest BCUT2D eigenvalue weighted by Gasteiger charge is -2.20. The van der Waals surface area contributed by atoms with Gasteiger partial charge in [-0.15, -0.1) is 0 Å². The van der Waals surface area contributed by atoms with Gasteiger partial charge in [0.05, 0.1) is 6.54 Å². The lowest BCUT2D eigenvalue weighted by Crippen LogP contribution is -2.27. The van der Waals surface area contributed by atoms with Gasteiger partial charge in [0.15, 0.2) is 0 Å². The second-order valence-corrected chi connectivity index (χ2v) is 3.20. The van der Waals surface area contributed by atoms with Crippen molar-refractivity contribution in [2.24, 2.45) is 0 Å². The highest BCUT2D eigenvalue weighted by Gasteiger charge is 2.32. The highest BCUT2D eigenvalue weighted by Crippen LogP contribution is 2.29. The van der Waals surface area contributed by atoms with Crippen LogP contribution in [0.5, 0.6) is 0 Å². The molecule has 0 saturated carbocycles. The van der Waals surface area contributed by atoms with Crippen LogP contribution in [0.1, 0.15) is 6.42 Å². The lowest BCUT2D eigenvalue weighted by molar-refractivity contribution is 0.0549. The molecule has 1 fully saturated rings. The molecule has 0 aromatic rings. The van der Waals surface area contributed by atoms with Crippen molar-refractivity contribution < 1.29 is 18.3 Å². The Morgan fingerprint density at radius 3 is 2.86 bits per heavy atom. The van der Waals surface area contributed by atoms with Gasteiger partial charge in [0.2, 0.25) is 0 Å². The van der Waals surface area contributed by atoms with Gasteiger partial charge in [-0.2, -0.15) is 0 Å². The number of hydrogen-bond donors (Lipinski definition) is 0. The van der Waals surface area contributed by atoms with Crippen LogP contribution in [0.25, 0.3) is 0 Å². The van der Waals surface area contributed by atoms with Gasteiger partial charge in [-0.05, 0) is 6.08 Å². The third-order valence-electron chi connectivity index (χ3n) is 2.11. The monoisotopic (exact) mass is 201 g/mol. The summed E-state index contributed by atoms with van der Waals surface area (Å²) in [6, 6.07) is 0. The van der Waals surface area contributed by atoms with E-state index in [0.717, 1.165) is 6.08 Å². The smallest absolute Gasteiger partial charge is 0.414 e. The first-order chi connectivity index (χ1) is 6.58. The molecule has 5 heteroatoms. The first kappa shape index (κ1) is 9.18. The van der Waals surface area contributed by atoms with Crippen LogP contribution in [0.2, 0.25) is 0 Å². The number of carbonyl (C=O) groups excluding carboxylic acids is 1. The minimum Gasteiger partial charge on any atom is -0.447 e. The molecule has 0 radical (unpaired) electrons. The number of rotatable bonds is 1. The Bertz CT molecular complexity index is 323. The summed E-state index contributed by atoms with van der Waals surface area (Å²) >= 11 is 0. The predicted octanol–water partition coefficient (Wildman–Crippen LogP) is 1.92. The third kappa shape index (κ3) is 1.62. The Morgan fingerprint density at radius 2 is 2.29 bits per heavy atom. The van der Waals surface area contributed by atoms with E-state index in [1.807, 2.05) is 0 Å². The van der Waals surface area contributed by atoms with Gasteiger partial charge in [0.25, 0.3) is 5.92 Å². The summed E-state index contributed by atoms with van der Waals surface area (Å²) in [7, 11) is 0. The molecule has 3 nitrogen and oxygen atoms in total. The van der Waals surface area contributed by atoms with E-state index in [0.29, 0.717) is 6.54 Å². The molecule has 0 N–H and O–H groups in total. The van der Waals surface area contributed by atoms with E-state index in [1.165, 1.54) is 17.1 Å². The van der Waals surface area contributed by atoms with E-state index >= 15 is 0 Å². The average Bonchev–Trinajstić information content (AvgIpc) is 2.49. The second kappa shape index (κ2) is 3.08. The minimum absolute atomic E-state index is 0.226. The summed E-state index contributed by atoms with van der Waals surface area (Å²) < 4.78 is 30.5. The van der Waals surface area contributed by atoms with Crippen LogP contribution < -0.4 is 0 Å². The Balaban J connectivity index is 2.21. The van der Waals surface area contributed by atoms with Gasteiger partial charge in [0.1, 0.15) is 6.61 Å². The Morgan fingerprint density at radius 1 is 1.50 bits per heavy atom. The topological polar surface area (TPSA) is 29.5 Å². The van der Waals surface area contributed by atoms with Crippen LogP contribution in [0.4, 0.5) is 13.6 Å². The zero-order chi connectivity index (χ0) is 10.2. The molecule has 1 amide bonds. The van der Waals surface area contributed by atoms with Crippen molar-refractivity contribution in [1.29, 1.82) is 0 Å². The summed E-state index contributed by atoms with van der Waals surface area (Å²) in [5.41, 5.74) is 0.226. The third-order valence-corrected chi connectivity index (χ3v) is 2.11. The zero-order valence-corrected chi connectivity index (χ0v) is 7.37. The van der Waals surface area contributed by atoms with Crippen molar-refractivity contribution in [2.45, 2.75) is 12.3 Å². The van der Waals surface area contributed by atoms with Gasteiger partial charge in [-0.1, -0.05) is 6.08 Å². The molecule has 1 heterocycles. The van der Waals surface area contributed by atoms with Crippen molar-refractivity contribution in [1.82, 2.24) is 4.90 Å². The molecular weight excluding hydrogens is 192 g/mol. The number of amides is 1. The van der Waals surface area contributed by atoms with E-state index in [9.17, 15) is 13.6 Å². The maximum absolute atomic E-state index is 12.9. The molecule has 0 aromatic heterocycles. The maximum atomic E-state index is 12.9. The van der Waals surface area contributed by atoms with Gasteiger partial charge in [-0.3, -0.25) is 4.90 Å². The van der Waals surface area contributed by atoms with Gasteiger partial charge < -0.3 is 4.74 Å². The quantitative estimate of drug-likeness (QED) is 0.648. The molecule has 1 aliphatic heterocycles. The number of allylic oxidation sites excluding steroid dienone is 3. The van der Waals surface area contributed by atoms with Crippen molar-refractivity contribution in [3.63, 3.8) is 0 Å². The highest BCUT2D eigenvalue weighted by molar-refractivity contribution is 5.72. The van der Waals surface area contributed by atoms with Crippen LogP contribution >= 0.6 is 0 Å². The second-order valence-electron chi connectivity index (χ2n) is 3.20. The molecule has 0 aromatic carbocycles. The van der Waals surface area contributed by atoms with Crippen LogP contribution in [0.3, 0.4) is 0 Å². The molecule has 76 valence electrons. The summed E-state index contributed by atoms with van der Waals surface area (Å²) in [6.07, 6.45) is 2.82. The first-order valence-corrected chi connectivity index (χ1v) is 4.30. The summed E-state index contributed by atoms with van der Waals surface area (Å²) in [5.74, 6) is -2.85. The molecule has 0 spiro atoms. The fraction of sp³-hybridized carbons (Fsp3) is 0.444. The average molecular weight is 201 g/mol. The molecule has 1 saturated heterocycles.